The van der Waals surface area contributed by atoms with Crippen molar-refractivity contribution in [3.63, 3.8) is 0 Å². The summed E-state index contributed by atoms with van der Waals surface area (Å²) in [5.41, 5.74) is 2.66. The number of methoxy groups -OCH3 is 2. The molecule has 0 atom stereocenters. The Hall–Kier alpha value is -2.75. The average molecular weight is 338 g/mol. The highest BCUT2D eigenvalue weighted by molar-refractivity contribution is 6.27. The molecule has 0 saturated heterocycles. The molecule has 0 radical (unpaired) electrons. The van der Waals surface area contributed by atoms with Gasteiger partial charge in [-0.3, -0.25) is 5.41 Å². The van der Waals surface area contributed by atoms with Crippen molar-refractivity contribution in [1.82, 2.24) is 4.90 Å². The molecule has 0 heterocycles. The summed E-state index contributed by atoms with van der Waals surface area (Å²) in [7, 11) is 3.30. The van der Waals surface area contributed by atoms with Crippen molar-refractivity contribution < 1.29 is 9.47 Å². The maximum atomic E-state index is 8.78. The average Bonchev–Trinajstić information content (AvgIpc) is 2.67. The van der Waals surface area contributed by atoms with Crippen molar-refractivity contribution in [2.45, 2.75) is 13.8 Å². The maximum Gasteiger partial charge on any atom is 0.137 e. The summed E-state index contributed by atoms with van der Waals surface area (Å²) in [5, 5.41) is 8.78. The second-order valence-electron chi connectivity index (χ2n) is 5.52. The van der Waals surface area contributed by atoms with Gasteiger partial charge in [0.15, 0.2) is 0 Å². The Labute approximate surface area is 150 Å². The Morgan fingerprint density at radius 3 is 1.96 bits per heavy atom. The third-order valence-corrected chi connectivity index (χ3v) is 4.16. The number of rotatable bonds is 7. The van der Waals surface area contributed by atoms with E-state index in [4.69, 9.17) is 14.9 Å². The standard InChI is InChI=1S/C21H26N2O2/c1-5-23(6-2)21(22)19(16-12-14-18(24-3)15-13-16)20(25-4)17-10-8-7-9-11-17/h7-15,22H,5-6H2,1-4H3/b20-19+,22-21?. The molecule has 4 heteroatoms. The summed E-state index contributed by atoms with van der Waals surface area (Å²) < 4.78 is 11.0. The Bertz CT molecular complexity index is 717. The molecule has 1 N–H and O–H groups in total. The Balaban J connectivity index is 2.65. The molecule has 4 nitrogen and oxygen atoms in total. The van der Waals surface area contributed by atoms with Crippen LogP contribution >= 0.6 is 0 Å². The van der Waals surface area contributed by atoms with Gasteiger partial charge in [-0.25, -0.2) is 0 Å². The van der Waals surface area contributed by atoms with Crippen LogP contribution in [-0.4, -0.2) is 38.0 Å². The van der Waals surface area contributed by atoms with E-state index in [1.807, 2.05) is 59.5 Å². The zero-order chi connectivity index (χ0) is 18.2. The molecule has 0 aromatic heterocycles. The summed E-state index contributed by atoms with van der Waals surface area (Å²) >= 11 is 0. The minimum absolute atomic E-state index is 0.455. The van der Waals surface area contributed by atoms with Crippen LogP contribution in [0.5, 0.6) is 5.75 Å². The Morgan fingerprint density at radius 2 is 1.48 bits per heavy atom. The fraction of sp³-hybridized carbons (Fsp3) is 0.286. The van der Waals surface area contributed by atoms with E-state index in [-0.39, 0.29) is 0 Å². The van der Waals surface area contributed by atoms with Gasteiger partial charge < -0.3 is 14.4 Å². The zero-order valence-corrected chi connectivity index (χ0v) is 15.4. The van der Waals surface area contributed by atoms with E-state index in [1.54, 1.807) is 14.2 Å². The molecule has 0 aliphatic carbocycles. The SMILES string of the molecule is CCN(CC)C(=N)/C(=C(/OC)c1ccccc1)c1ccc(OC)cc1. The number of likely N-dealkylation sites (N-methyl/N-ethyl adjacent to an activating group) is 1. The van der Waals surface area contributed by atoms with Gasteiger partial charge in [0.1, 0.15) is 17.3 Å². The Morgan fingerprint density at radius 1 is 0.880 bits per heavy atom. The summed E-state index contributed by atoms with van der Waals surface area (Å²) in [6, 6.07) is 17.7. The maximum absolute atomic E-state index is 8.78. The topological polar surface area (TPSA) is 45.6 Å². The van der Waals surface area contributed by atoms with Crippen LogP contribution in [0.4, 0.5) is 0 Å². The molecule has 0 saturated carbocycles. The van der Waals surface area contributed by atoms with Gasteiger partial charge in [-0.1, -0.05) is 42.5 Å². The van der Waals surface area contributed by atoms with E-state index in [0.29, 0.717) is 11.6 Å². The lowest BCUT2D eigenvalue weighted by molar-refractivity contribution is 0.371. The van der Waals surface area contributed by atoms with E-state index in [2.05, 4.69) is 13.8 Å². The highest BCUT2D eigenvalue weighted by Crippen LogP contribution is 2.30. The van der Waals surface area contributed by atoms with Gasteiger partial charge in [0.25, 0.3) is 0 Å². The molecule has 0 unspecified atom stereocenters. The van der Waals surface area contributed by atoms with Gasteiger partial charge in [0.2, 0.25) is 0 Å². The van der Waals surface area contributed by atoms with Crippen molar-refractivity contribution in [1.29, 1.82) is 5.41 Å². The summed E-state index contributed by atoms with van der Waals surface area (Å²) in [5.74, 6) is 1.94. The van der Waals surface area contributed by atoms with E-state index in [1.165, 1.54) is 0 Å². The van der Waals surface area contributed by atoms with Gasteiger partial charge in [-0.05, 0) is 31.5 Å². The van der Waals surface area contributed by atoms with Crippen LogP contribution in [0.2, 0.25) is 0 Å². The lowest BCUT2D eigenvalue weighted by Crippen LogP contribution is -2.31. The summed E-state index contributed by atoms with van der Waals surface area (Å²) in [6.07, 6.45) is 0. The molecule has 2 aromatic carbocycles. The molecule has 0 spiro atoms. The normalized spacial score (nSPS) is 11.5. The number of ether oxygens (including phenoxy) is 2. The number of hydrogen-bond acceptors (Lipinski definition) is 3. The van der Waals surface area contributed by atoms with Crippen LogP contribution in [0.3, 0.4) is 0 Å². The quantitative estimate of drug-likeness (QED) is 0.349. The molecule has 2 rings (SSSR count). The molecule has 0 fully saturated rings. The van der Waals surface area contributed by atoms with Gasteiger partial charge in [0, 0.05) is 18.7 Å². The fourth-order valence-electron chi connectivity index (χ4n) is 2.78. The number of benzene rings is 2. The van der Waals surface area contributed by atoms with Crippen LogP contribution in [0.1, 0.15) is 25.0 Å². The summed E-state index contributed by atoms with van der Waals surface area (Å²) in [4.78, 5) is 2.02. The van der Waals surface area contributed by atoms with Gasteiger partial charge in [0.05, 0.1) is 19.8 Å². The van der Waals surface area contributed by atoms with Crippen LogP contribution in [0.25, 0.3) is 11.3 Å². The molecule has 25 heavy (non-hydrogen) atoms. The minimum atomic E-state index is 0.455. The van der Waals surface area contributed by atoms with Crippen LogP contribution < -0.4 is 4.74 Å². The number of amidine groups is 1. The predicted molar refractivity (Wildman–Crippen MR) is 104 cm³/mol. The minimum Gasteiger partial charge on any atom is -0.497 e. The first-order chi connectivity index (χ1) is 12.2. The zero-order valence-electron chi connectivity index (χ0n) is 15.4. The summed E-state index contributed by atoms with van der Waals surface area (Å²) in [6.45, 7) is 5.64. The van der Waals surface area contributed by atoms with Crippen LogP contribution in [0.15, 0.2) is 54.6 Å². The van der Waals surface area contributed by atoms with Gasteiger partial charge in [-0.15, -0.1) is 0 Å². The monoisotopic (exact) mass is 338 g/mol. The predicted octanol–water partition coefficient (Wildman–Crippen LogP) is 4.53. The third-order valence-electron chi connectivity index (χ3n) is 4.16. The third kappa shape index (κ3) is 4.21. The molecule has 132 valence electrons. The second kappa shape index (κ2) is 8.92. The first-order valence-electron chi connectivity index (χ1n) is 8.48. The molecular formula is C21H26N2O2. The van der Waals surface area contributed by atoms with Crippen LogP contribution in [-0.2, 0) is 4.74 Å². The van der Waals surface area contributed by atoms with Crippen molar-refractivity contribution in [3.8, 4) is 5.75 Å². The highest BCUT2D eigenvalue weighted by Gasteiger charge is 2.20. The number of hydrogen-bond donors (Lipinski definition) is 1. The molecule has 0 aliphatic heterocycles. The second-order valence-corrected chi connectivity index (χ2v) is 5.52. The molecular weight excluding hydrogens is 312 g/mol. The highest BCUT2D eigenvalue weighted by atomic mass is 16.5. The van der Waals surface area contributed by atoms with Crippen LogP contribution in [0, 0.1) is 5.41 Å². The van der Waals surface area contributed by atoms with E-state index < -0.39 is 0 Å². The molecule has 0 bridgehead atoms. The molecule has 0 aliphatic rings. The smallest absolute Gasteiger partial charge is 0.137 e. The largest absolute Gasteiger partial charge is 0.497 e. The Kier molecular flexibility index (Phi) is 6.63. The van der Waals surface area contributed by atoms with E-state index in [9.17, 15) is 0 Å². The van der Waals surface area contributed by atoms with E-state index in [0.717, 1.165) is 35.5 Å². The first-order valence-corrected chi connectivity index (χ1v) is 8.48. The lowest BCUT2D eigenvalue weighted by Gasteiger charge is -2.25. The van der Waals surface area contributed by atoms with Gasteiger partial charge >= 0.3 is 0 Å². The van der Waals surface area contributed by atoms with Crippen molar-refractivity contribution in [3.05, 3.63) is 65.7 Å². The number of nitrogens with zero attached hydrogens (tertiary/aromatic N) is 1. The number of nitrogens with one attached hydrogen (secondary N) is 1. The van der Waals surface area contributed by atoms with Crippen molar-refractivity contribution in [2.24, 2.45) is 0 Å². The van der Waals surface area contributed by atoms with Crippen molar-refractivity contribution >= 4 is 17.2 Å². The lowest BCUT2D eigenvalue weighted by atomic mass is 9.98. The first kappa shape index (κ1) is 18.6. The van der Waals surface area contributed by atoms with Gasteiger partial charge in [-0.2, -0.15) is 0 Å². The fourth-order valence-corrected chi connectivity index (χ4v) is 2.78. The molecule has 2 aromatic rings. The van der Waals surface area contributed by atoms with E-state index >= 15 is 0 Å². The van der Waals surface area contributed by atoms with Crippen molar-refractivity contribution in [2.75, 3.05) is 27.3 Å². The molecule has 0 amide bonds.